The Morgan fingerprint density at radius 1 is 1.15 bits per heavy atom. The smallest absolute Gasteiger partial charge is 0.217 e. The molecule has 1 aromatic carbocycles. The average Bonchev–Trinajstić information content (AvgIpc) is 2.90. The number of nitrogens with zero attached hydrogens (tertiary/aromatic N) is 3. The third-order valence-corrected chi connectivity index (χ3v) is 3.90. The minimum absolute atomic E-state index is 0.162. The van der Waals surface area contributed by atoms with Gasteiger partial charge >= 0.3 is 0 Å². The fourth-order valence-corrected chi connectivity index (χ4v) is 2.78. The Kier molecular flexibility index (Phi) is 3.50. The largest absolute Gasteiger partial charge is 0.382 e. The first-order valence-corrected chi connectivity index (χ1v) is 7.08. The van der Waals surface area contributed by atoms with Crippen LogP contribution in [0.3, 0.4) is 0 Å². The fraction of sp³-hybridized carbons (Fsp3) is 0.400. The number of hydrogen-bond donors (Lipinski definition) is 1. The summed E-state index contributed by atoms with van der Waals surface area (Å²) in [6.07, 6.45) is 5.76. The molecule has 0 unspecified atom stereocenters. The van der Waals surface area contributed by atoms with Crippen LogP contribution >= 0.6 is 0 Å². The molecular weight excluding hydrogens is 252 g/mol. The van der Waals surface area contributed by atoms with Crippen molar-refractivity contribution < 1.29 is 4.79 Å². The van der Waals surface area contributed by atoms with Crippen molar-refractivity contribution in [3.63, 3.8) is 0 Å². The van der Waals surface area contributed by atoms with Crippen LogP contribution in [0.25, 0.3) is 0 Å². The SMILES string of the molecule is Nc1c(C(=O)c2ccccc2)nnn1C1CCCCC1. The Labute approximate surface area is 117 Å². The molecule has 0 spiro atoms. The third kappa shape index (κ3) is 2.31. The van der Waals surface area contributed by atoms with Crippen LogP contribution in [0.5, 0.6) is 0 Å². The van der Waals surface area contributed by atoms with E-state index < -0.39 is 0 Å². The Hall–Kier alpha value is -2.17. The molecule has 2 aromatic rings. The number of carbonyl (C=O) groups excluding carboxylic acids is 1. The summed E-state index contributed by atoms with van der Waals surface area (Å²) in [5.41, 5.74) is 6.95. The molecule has 5 heteroatoms. The van der Waals surface area contributed by atoms with Crippen molar-refractivity contribution in [3.8, 4) is 0 Å². The van der Waals surface area contributed by atoms with Crippen molar-refractivity contribution in [2.75, 3.05) is 5.73 Å². The monoisotopic (exact) mass is 270 g/mol. The maximum Gasteiger partial charge on any atom is 0.217 e. The predicted molar refractivity (Wildman–Crippen MR) is 76.4 cm³/mol. The highest BCUT2D eigenvalue weighted by molar-refractivity contribution is 6.10. The highest BCUT2D eigenvalue weighted by atomic mass is 16.1. The van der Waals surface area contributed by atoms with E-state index in [1.54, 1.807) is 16.8 Å². The van der Waals surface area contributed by atoms with E-state index >= 15 is 0 Å². The van der Waals surface area contributed by atoms with Gasteiger partial charge in [-0.3, -0.25) is 4.79 Å². The van der Waals surface area contributed by atoms with E-state index in [9.17, 15) is 4.79 Å². The molecule has 0 atom stereocenters. The highest BCUT2D eigenvalue weighted by Crippen LogP contribution is 2.30. The quantitative estimate of drug-likeness (QED) is 0.870. The predicted octanol–water partition coefficient (Wildman–Crippen LogP) is 2.60. The minimum atomic E-state index is -0.162. The normalized spacial score (nSPS) is 16.2. The van der Waals surface area contributed by atoms with Crippen molar-refractivity contribution in [1.82, 2.24) is 15.0 Å². The zero-order chi connectivity index (χ0) is 13.9. The molecule has 104 valence electrons. The molecule has 1 aliphatic rings. The van der Waals surface area contributed by atoms with Crippen molar-refractivity contribution in [2.24, 2.45) is 0 Å². The molecule has 1 aliphatic carbocycles. The van der Waals surface area contributed by atoms with E-state index in [-0.39, 0.29) is 17.5 Å². The maximum atomic E-state index is 12.4. The number of nitrogens with two attached hydrogens (primary N) is 1. The zero-order valence-electron chi connectivity index (χ0n) is 11.3. The number of rotatable bonds is 3. The van der Waals surface area contributed by atoms with Crippen LogP contribution in [0.2, 0.25) is 0 Å². The van der Waals surface area contributed by atoms with Gasteiger partial charge in [-0.05, 0) is 12.8 Å². The summed E-state index contributed by atoms with van der Waals surface area (Å²) in [7, 11) is 0. The van der Waals surface area contributed by atoms with Gasteiger partial charge in [0.1, 0.15) is 0 Å². The maximum absolute atomic E-state index is 12.4. The molecule has 0 bridgehead atoms. The van der Waals surface area contributed by atoms with E-state index in [1.807, 2.05) is 18.2 Å². The van der Waals surface area contributed by atoms with Gasteiger partial charge in [0, 0.05) is 5.56 Å². The molecular formula is C15H18N4O. The summed E-state index contributed by atoms with van der Waals surface area (Å²) in [4.78, 5) is 12.4. The van der Waals surface area contributed by atoms with Gasteiger partial charge < -0.3 is 5.73 Å². The number of benzene rings is 1. The molecule has 5 nitrogen and oxygen atoms in total. The Morgan fingerprint density at radius 2 is 1.85 bits per heavy atom. The van der Waals surface area contributed by atoms with Gasteiger partial charge in [0.05, 0.1) is 6.04 Å². The highest BCUT2D eigenvalue weighted by Gasteiger charge is 2.24. The van der Waals surface area contributed by atoms with Gasteiger partial charge in [-0.2, -0.15) is 0 Å². The van der Waals surface area contributed by atoms with E-state index in [4.69, 9.17) is 5.73 Å². The van der Waals surface area contributed by atoms with Crippen molar-refractivity contribution in [2.45, 2.75) is 38.1 Å². The fourth-order valence-electron chi connectivity index (χ4n) is 2.78. The molecule has 3 rings (SSSR count). The molecule has 1 saturated carbocycles. The van der Waals surface area contributed by atoms with Crippen LogP contribution in [-0.4, -0.2) is 20.8 Å². The summed E-state index contributed by atoms with van der Waals surface area (Å²) in [6.45, 7) is 0. The standard InChI is InChI=1S/C15H18N4O/c16-15-13(14(20)11-7-3-1-4-8-11)17-18-19(15)12-9-5-2-6-10-12/h1,3-4,7-8,12H,2,5-6,9-10,16H2. The van der Waals surface area contributed by atoms with Crippen LogP contribution in [0.4, 0.5) is 5.82 Å². The number of anilines is 1. The summed E-state index contributed by atoms with van der Waals surface area (Å²) in [5.74, 6) is 0.232. The van der Waals surface area contributed by atoms with Gasteiger partial charge in [0.15, 0.2) is 11.5 Å². The summed E-state index contributed by atoms with van der Waals surface area (Å²) < 4.78 is 1.73. The van der Waals surface area contributed by atoms with Gasteiger partial charge in [-0.15, -0.1) is 5.10 Å². The zero-order valence-corrected chi connectivity index (χ0v) is 11.3. The molecule has 0 aliphatic heterocycles. The van der Waals surface area contributed by atoms with Crippen molar-refractivity contribution in [3.05, 3.63) is 41.6 Å². The van der Waals surface area contributed by atoms with Crippen LogP contribution < -0.4 is 5.73 Å². The molecule has 1 heterocycles. The number of hydrogen-bond acceptors (Lipinski definition) is 4. The number of ketones is 1. The topological polar surface area (TPSA) is 73.8 Å². The number of nitrogen functional groups attached to an aromatic ring is 1. The first-order chi connectivity index (χ1) is 9.77. The van der Waals surface area contributed by atoms with Gasteiger partial charge in [0.2, 0.25) is 5.78 Å². The van der Waals surface area contributed by atoms with E-state index in [0.29, 0.717) is 11.4 Å². The van der Waals surface area contributed by atoms with E-state index in [2.05, 4.69) is 10.3 Å². The molecule has 2 N–H and O–H groups in total. The molecule has 0 radical (unpaired) electrons. The number of carbonyl (C=O) groups is 1. The summed E-state index contributed by atoms with van der Waals surface area (Å²) >= 11 is 0. The van der Waals surface area contributed by atoms with Crippen LogP contribution in [-0.2, 0) is 0 Å². The molecule has 1 aromatic heterocycles. The van der Waals surface area contributed by atoms with E-state index in [0.717, 1.165) is 12.8 Å². The summed E-state index contributed by atoms with van der Waals surface area (Å²) in [6, 6.07) is 9.35. The minimum Gasteiger partial charge on any atom is -0.382 e. The van der Waals surface area contributed by atoms with Crippen LogP contribution in [0.1, 0.15) is 54.2 Å². The molecule has 1 fully saturated rings. The van der Waals surface area contributed by atoms with Crippen LogP contribution in [0.15, 0.2) is 30.3 Å². The van der Waals surface area contributed by atoms with Crippen molar-refractivity contribution >= 4 is 11.6 Å². The van der Waals surface area contributed by atoms with Gasteiger partial charge in [-0.1, -0.05) is 54.8 Å². The Morgan fingerprint density at radius 3 is 2.55 bits per heavy atom. The second-order valence-electron chi connectivity index (χ2n) is 5.25. The third-order valence-electron chi connectivity index (χ3n) is 3.90. The Bertz CT molecular complexity index is 600. The first-order valence-electron chi connectivity index (χ1n) is 7.08. The molecule has 20 heavy (non-hydrogen) atoms. The van der Waals surface area contributed by atoms with Crippen LogP contribution in [0, 0.1) is 0 Å². The first kappa shape index (κ1) is 12.8. The van der Waals surface area contributed by atoms with Crippen molar-refractivity contribution in [1.29, 1.82) is 0 Å². The lowest BCUT2D eigenvalue weighted by Gasteiger charge is -2.22. The van der Waals surface area contributed by atoms with E-state index in [1.165, 1.54) is 19.3 Å². The molecule has 0 saturated heterocycles. The lowest BCUT2D eigenvalue weighted by molar-refractivity contribution is 0.103. The van der Waals surface area contributed by atoms with Gasteiger partial charge in [-0.25, -0.2) is 4.68 Å². The lowest BCUT2D eigenvalue weighted by atomic mass is 9.95. The number of aromatic nitrogens is 3. The molecule has 0 amide bonds. The second kappa shape index (κ2) is 5.45. The lowest BCUT2D eigenvalue weighted by Crippen LogP contribution is -2.17. The average molecular weight is 270 g/mol. The van der Waals surface area contributed by atoms with Gasteiger partial charge in [0.25, 0.3) is 0 Å². The summed E-state index contributed by atoms with van der Waals surface area (Å²) in [5, 5.41) is 8.11. The Balaban J connectivity index is 1.88. The second-order valence-corrected chi connectivity index (χ2v) is 5.25.